The highest BCUT2D eigenvalue weighted by atomic mass is 35.5. The van der Waals surface area contributed by atoms with E-state index in [1.165, 1.54) is 0 Å². The Bertz CT molecular complexity index is 187. The van der Waals surface area contributed by atoms with Gasteiger partial charge < -0.3 is 16.2 Å². The van der Waals surface area contributed by atoms with E-state index in [-0.39, 0.29) is 24.9 Å². The van der Waals surface area contributed by atoms with Crippen LogP contribution in [0.3, 0.4) is 0 Å². The minimum atomic E-state index is -0.825. The number of halogens is 1. The van der Waals surface area contributed by atoms with Crippen molar-refractivity contribution < 1.29 is 14.7 Å². The molecule has 0 spiro atoms. The number of carboxylic acids is 1. The molecule has 0 rings (SSSR count). The topological polar surface area (TPSA) is 92.4 Å². The predicted octanol–water partition coefficient (Wildman–Crippen LogP) is 0.126. The largest absolute Gasteiger partial charge is 0.481 e. The molecule has 0 aromatic heterocycles. The van der Waals surface area contributed by atoms with Crippen molar-refractivity contribution in [1.29, 1.82) is 0 Å². The third kappa shape index (κ3) is 7.82. The summed E-state index contributed by atoms with van der Waals surface area (Å²) in [6, 6.07) is -0.339. The number of carbonyl (C=O) groups is 2. The van der Waals surface area contributed by atoms with E-state index in [1.807, 2.05) is 6.92 Å². The highest BCUT2D eigenvalue weighted by Gasteiger charge is 2.10. The zero-order chi connectivity index (χ0) is 10.3. The molecule has 0 saturated heterocycles. The van der Waals surface area contributed by atoms with Crippen molar-refractivity contribution in [1.82, 2.24) is 5.32 Å². The Hall–Kier alpha value is -0.810. The molecule has 5 nitrogen and oxygen atoms in total. The third-order valence-corrected chi connectivity index (χ3v) is 1.71. The molecule has 0 aliphatic rings. The van der Waals surface area contributed by atoms with Crippen LogP contribution in [0.1, 0.15) is 26.2 Å². The molecule has 0 bridgehead atoms. The molecule has 0 radical (unpaired) electrons. The lowest BCUT2D eigenvalue weighted by atomic mass is 10.2. The molecule has 0 fully saturated rings. The Labute approximate surface area is 89.5 Å². The van der Waals surface area contributed by atoms with Gasteiger partial charge in [-0.25, -0.2) is 0 Å². The fourth-order valence-electron chi connectivity index (χ4n) is 0.962. The van der Waals surface area contributed by atoms with Crippen LogP contribution in [0.15, 0.2) is 0 Å². The van der Waals surface area contributed by atoms with Gasteiger partial charge in [0.2, 0.25) is 5.91 Å². The summed E-state index contributed by atoms with van der Waals surface area (Å²) in [5.74, 6) is -1.22. The van der Waals surface area contributed by atoms with Gasteiger partial charge in [-0.05, 0) is 19.4 Å². The summed E-state index contributed by atoms with van der Waals surface area (Å²) in [5.41, 5.74) is 5.07. The van der Waals surface area contributed by atoms with Crippen molar-refractivity contribution in [2.24, 2.45) is 5.73 Å². The average Bonchev–Trinajstić information content (AvgIpc) is 2.03. The summed E-state index contributed by atoms with van der Waals surface area (Å²) in [5, 5.41) is 11.2. The molecular weight excluding hydrogens is 208 g/mol. The summed E-state index contributed by atoms with van der Waals surface area (Å²) in [6.07, 6.45) is 1.25. The van der Waals surface area contributed by atoms with Crippen LogP contribution in [-0.4, -0.2) is 29.6 Å². The number of nitrogens with one attached hydrogen (secondary N) is 1. The average molecular weight is 225 g/mol. The van der Waals surface area contributed by atoms with Crippen LogP contribution >= 0.6 is 12.4 Å². The normalized spacial score (nSPS) is 11.5. The summed E-state index contributed by atoms with van der Waals surface area (Å²) in [6.45, 7) is 2.35. The van der Waals surface area contributed by atoms with Crippen LogP contribution in [-0.2, 0) is 9.59 Å². The molecule has 1 atom stereocenters. The fraction of sp³-hybridized carbons (Fsp3) is 0.750. The molecule has 1 amide bonds. The van der Waals surface area contributed by atoms with Crippen LogP contribution in [0.4, 0.5) is 0 Å². The maximum atomic E-state index is 10.7. The lowest BCUT2D eigenvalue weighted by Gasteiger charge is -2.11. The second kappa shape index (κ2) is 8.77. The zero-order valence-corrected chi connectivity index (χ0v) is 8.97. The van der Waals surface area contributed by atoms with E-state index >= 15 is 0 Å². The minimum absolute atomic E-state index is 0. The van der Waals surface area contributed by atoms with Crippen LogP contribution in [0, 0.1) is 0 Å². The van der Waals surface area contributed by atoms with Gasteiger partial charge in [0.05, 0.1) is 6.04 Å². The van der Waals surface area contributed by atoms with Crippen LogP contribution in [0.2, 0.25) is 0 Å². The molecule has 0 aromatic rings. The second-order valence-corrected chi connectivity index (χ2v) is 2.81. The SMILES string of the molecule is CCC(NCCCC(=O)O)C(N)=O.Cl. The van der Waals surface area contributed by atoms with E-state index in [2.05, 4.69) is 5.32 Å². The van der Waals surface area contributed by atoms with E-state index in [0.717, 1.165) is 0 Å². The van der Waals surface area contributed by atoms with Crippen molar-refractivity contribution in [3.05, 3.63) is 0 Å². The molecule has 4 N–H and O–H groups in total. The molecule has 6 heteroatoms. The van der Waals surface area contributed by atoms with E-state index in [0.29, 0.717) is 19.4 Å². The van der Waals surface area contributed by atoms with E-state index in [9.17, 15) is 9.59 Å². The predicted molar refractivity (Wildman–Crippen MR) is 55.4 cm³/mol. The standard InChI is InChI=1S/C8H16N2O3.ClH/c1-2-6(8(9)13)10-5-3-4-7(11)12;/h6,10H,2-5H2,1H3,(H2,9,13)(H,11,12);1H. The summed E-state index contributed by atoms with van der Waals surface area (Å²) < 4.78 is 0. The van der Waals surface area contributed by atoms with Crippen molar-refractivity contribution in [3.8, 4) is 0 Å². The molecule has 1 unspecified atom stereocenters. The summed E-state index contributed by atoms with van der Waals surface area (Å²) in [4.78, 5) is 20.8. The number of amides is 1. The van der Waals surface area contributed by atoms with Crippen molar-refractivity contribution in [3.63, 3.8) is 0 Å². The number of rotatable bonds is 7. The maximum Gasteiger partial charge on any atom is 0.303 e. The minimum Gasteiger partial charge on any atom is -0.481 e. The number of hydrogen-bond donors (Lipinski definition) is 3. The summed E-state index contributed by atoms with van der Waals surface area (Å²) >= 11 is 0. The molecule has 0 aromatic carbocycles. The molecule has 0 aliphatic carbocycles. The number of aliphatic carboxylic acids is 1. The fourth-order valence-corrected chi connectivity index (χ4v) is 0.962. The molecular formula is C8H17ClN2O3. The quantitative estimate of drug-likeness (QED) is 0.536. The van der Waals surface area contributed by atoms with Crippen LogP contribution in [0.5, 0.6) is 0 Å². The smallest absolute Gasteiger partial charge is 0.303 e. The first-order valence-electron chi connectivity index (χ1n) is 4.32. The van der Waals surface area contributed by atoms with Gasteiger partial charge in [-0.1, -0.05) is 6.92 Å². The van der Waals surface area contributed by atoms with Gasteiger partial charge in [-0.3, -0.25) is 9.59 Å². The molecule has 84 valence electrons. The Kier molecular flexibility index (Phi) is 9.81. The Morgan fingerprint density at radius 1 is 1.50 bits per heavy atom. The van der Waals surface area contributed by atoms with Crippen LogP contribution < -0.4 is 11.1 Å². The van der Waals surface area contributed by atoms with Gasteiger partial charge in [0.25, 0.3) is 0 Å². The molecule has 0 heterocycles. The molecule has 0 saturated carbocycles. The van der Waals surface area contributed by atoms with E-state index < -0.39 is 11.9 Å². The molecule has 14 heavy (non-hydrogen) atoms. The van der Waals surface area contributed by atoms with Gasteiger partial charge in [0, 0.05) is 6.42 Å². The van der Waals surface area contributed by atoms with Gasteiger partial charge in [-0.2, -0.15) is 0 Å². The lowest BCUT2D eigenvalue weighted by molar-refractivity contribution is -0.137. The highest BCUT2D eigenvalue weighted by molar-refractivity contribution is 5.85. The number of primary amides is 1. The lowest BCUT2D eigenvalue weighted by Crippen LogP contribution is -2.41. The zero-order valence-electron chi connectivity index (χ0n) is 8.16. The molecule has 0 aliphatic heterocycles. The van der Waals surface area contributed by atoms with Gasteiger partial charge in [-0.15, -0.1) is 12.4 Å². The van der Waals surface area contributed by atoms with Crippen molar-refractivity contribution in [2.75, 3.05) is 6.54 Å². The van der Waals surface area contributed by atoms with Crippen molar-refractivity contribution in [2.45, 2.75) is 32.2 Å². The van der Waals surface area contributed by atoms with Gasteiger partial charge in [0.15, 0.2) is 0 Å². The Morgan fingerprint density at radius 3 is 2.43 bits per heavy atom. The van der Waals surface area contributed by atoms with Crippen LogP contribution in [0.25, 0.3) is 0 Å². The Balaban J connectivity index is 0. The van der Waals surface area contributed by atoms with Crippen molar-refractivity contribution >= 4 is 24.3 Å². The summed E-state index contributed by atoms with van der Waals surface area (Å²) in [7, 11) is 0. The highest BCUT2D eigenvalue weighted by Crippen LogP contribution is 1.91. The first-order chi connectivity index (χ1) is 6.07. The van der Waals surface area contributed by atoms with Gasteiger partial charge in [0.1, 0.15) is 0 Å². The first kappa shape index (κ1) is 15.7. The third-order valence-electron chi connectivity index (χ3n) is 1.71. The number of nitrogens with two attached hydrogens (primary N) is 1. The Morgan fingerprint density at radius 2 is 2.07 bits per heavy atom. The second-order valence-electron chi connectivity index (χ2n) is 2.81. The van der Waals surface area contributed by atoms with E-state index in [4.69, 9.17) is 10.8 Å². The van der Waals surface area contributed by atoms with E-state index in [1.54, 1.807) is 0 Å². The number of carboxylic acid groups (broad SMARTS) is 1. The first-order valence-corrected chi connectivity index (χ1v) is 4.32. The number of carbonyl (C=O) groups excluding carboxylic acids is 1. The monoisotopic (exact) mass is 224 g/mol. The van der Waals surface area contributed by atoms with Gasteiger partial charge >= 0.3 is 5.97 Å². The maximum absolute atomic E-state index is 10.7. The number of hydrogen-bond acceptors (Lipinski definition) is 3.